The molecule has 7 nitrogen and oxygen atoms in total. The van der Waals surface area contributed by atoms with Crippen LogP contribution in [0.2, 0.25) is 0 Å². The number of anilines is 2. The lowest BCUT2D eigenvalue weighted by Crippen LogP contribution is -2.19. The molecule has 1 aliphatic rings. The van der Waals surface area contributed by atoms with Crippen molar-refractivity contribution in [2.75, 3.05) is 30.9 Å². The Labute approximate surface area is 166 Å². The van der Waals surface area contributed by atoms with Gasteiger partial charge in [-0.1, -0.05) is 11.8 Å². The highest BCUT2D eigenvalue weighted by molar-refractivity contribution is 5.60. The minimum atomic E-state index is 0.237. The molecule has 1 fully saturated rings. The van der Waals surface area contributed by atoms with E-state index in [1.807, 2.05) is 19.9 Å². The highest BCUT2D eigenvalue weighted by atomic mass is 16.5. The third-order valence-corrected chi connectivity index (χ3v) is 4.84. The van der Waals surface area contributed by atoms with Crippen molar-refractivity contribution < 1.29 is 9.84 Å². The maximum absolute atomic E-state index is 9.41. The van der Waals surface area contributed by atoms with Gasteiger partial charge in [0.1, 0.15) is 5.82 Å². The number of hydrogen-bond donors (Lipinski definition) is 3. The molecule has 0 bridgehead atoms. The van der Waals surface area contributed by atoms with Crippen molar-refractivity contribution in [3.63, 3.8) is 0 Å². The van der Waals surface area contributed by atoms with Crippen molar-refractivity contribution in [3.05, 3.63) is 35.2 Å². The monoisotopic (exact) mass is 381 g/mol. The summed E-state index contributed by atoms with van der Waals surface area (Å²) in [4.78, 5) is 13.4. The van der Waals surface area contributed by atoms with Gasteiger partial charge in [0.15, 0.2) is 0 Å². The standard InChI is InChI=1S/C21H27N5O2/c1-4-22-21-24-14(2)18(9-6-15-7-10-19(28-3)23-12-15)20(26-21)25-17-8-5-16(11-17)13-27/h7,10,12,16-17,27H,4-5,8,11,13H2,1-3H3,(H2,22,24,25,26)/t16-,17?/m1/s1. The van der Waals surface area contributed by atoms with Crippen LogP contribution in [0.3, 0.4) is 0 Å². The van der Waals surface area contributed by atoms with E-state index in [1.54, 1.807) is 19.4 Å². The number of aryl methyl sites for hydroxylation is 1. The minimum Gasteiger partial charge on any atom is -0.481 e. The molecule has 0 spiro atoms. The third-order valence-electron chi connectivity index (χ3n) is 4.84. The summed E-state index contributed by atoms with van der Waals surface area (Å²) in [6.07, 6.45) is 4.66. The molecule has 1 aliphatic carbocycles. The number of aromatic nitrogens is 3. The number of ether oxygens (including phenoxy) is 1. The molecular weight excluding hydrogens is 354 g/mol. The largest absolute Gasteiger partial charge is 0.481 e. The molecule has 1 saturated carbocycles. The Morgan fingerprint density at radius 3 is 2.75 bits per heavy atom. The molecule has 2 atom stereocenters. The zero-order valence-electron chi connectivity index (χ0n) is 16.6. The highest BCUT2D eigenvalue weighted by Gasteiger charge is 2.25. The first-order valence-electron chi connectivity index (χ1n) is 9.64. The van der Waals surface area contributed by atoms with E-state index in [4.69, 9.17) is 4.74 Å². The normalized spacial score (nSPS) is 18.3. The van der Waals surface area contributed by atoms with E-state index in [9.17, 15) is 5.11 Å². The fourth-order valence-electron chi connectivity index (χ4n) is 3.34. The molecule has 2 heterocycles. The summed E-state index contributed by atoms with van der Waals surface area (Å²) in [7, 11) is 1.59. The lowest BCUT2D eigenvalue weighted by atomic mass is 10.1. The quantitative estimate of drug-likeness (QED) is 0.662. The molecule has 0 aliphatic heterocycles. The number of pyridine rings is 1. The number of rotatable bonds is 6. The van der Waals surface area contributed by atoms with Crippen LogP contribution in [0.25, 0.3) is 0 Å². The van der Waals surface area contributed by atoms with E-state index in [1.165, 1.54) is 0 Å². The van der Waals surface area contributed by atoms with Crippen LogP contribution in [0, 0.1) is 24.7 Å². The molecule has 0 amide bonds. The summed E-state index contributed by atoms with van der Waals surface area (Å²) in [5.74, 6) is 8.59. The van der Waals surface area contributed by atoms with Crippen molar-refractivity contribution >= 4 is 11.8 Å². The highest BCUT2D eigenvalue weighted by Crippen LogP contribution is 2.29. The van der Waals surface area contributed by atoms with Crippen LogP contribution in [0.15, 0.2) is 18.3 Å². The Morgan fingerprint density at radius 1 is 1.25 bits per heavy atom. The van der Waals surface area contributed by atoms with E-state index in [2.05, 4.69) is 37.4 Å². The predicted octanol–water partition coefficient (Wildman–Crippen LogP) is 2.59. The summed E-state index contributed by atoms with van der Waals surface area (Å²) in [6, 6.07) is 3.94. The lowest BCUT2D eigenvalue weighted by Gasteiger charge is -2.17. The summed E-state index contributed by atoms with van der Waals surface area (Å²) in [5, 5.41) is 16.1. The number of nitrogens with zero attached hydrogens (tertiary/aromatic N) is 3. The summed E-state index contributed by atoms with van der Waals surface area (Å²) in [6.45, 7) is 4.94. The van der Waals surface area contributed by atoms with E-state index in [0.29, 0.717) is 17.7 Å². The predicted molar refractivity (Wildman–Crippen MR) is 110 cm³/mol. The zero-order chi connectivity index (χ0) is 19.9. The maximum Gasteiger partial charge on any atom is 0.224 e. The Morgan fingerprint density at radius 2 is 2.11 bits per heavy atom. The second kappa shape index (κ2) is 9.38. The van der Waals surface area contributed by atoms with Crippen molar-refractivity contribution in [2.45, 2.75) is 39.2 Å². The van der Waals surface area contributed by atoms with Crippen molar-refractivity contribution in [1.82, 2.24) is 15.0 Å². The Hall–Kier alpha value is -2.85. The Kier molecular flexibility index (Phi) is 6.66. The van der Waals surface area contributed by atoms with Gasteiger partial charge in [-0.2, -0.15) is 4.98 Å². The van der Waals surface area contributed by atoms with Gasteiger partial charge in [-0.3, -0.25) is 0 Å². The number of aliphatic hydroxyl groups excluding tert-OH is 1. The van der Waals surface area contributed by atoms with Crippen molar-refractivity contribution in [1.29, 1.82) is 0 Å². The summed E-state index contributed by atoms with van der Waals surface area (Å²) < 4.78 is 5.08. The van der Waals surface area contributed by atoms with Gasteiger partial charge in [-0.05, 0) is 45.1 Å². The van der Waals surface area contributed by atoms with Crippen LogP contribution in [-0.2, 0) is 0 Å². The number of methoxy groups -OCH3 is 1. The molecule has 0 saturated heterocycles. The molecule has 0 radical (unpaired) electrons. The fourth-order valence-corrected chi connectivity index (χ4v) is 3.34. The molecule has 0 aromatic carbocycles. The molecule has 7 heteroatoms. The SMILES string of the molecule is CCNc1nc(C)c(C#Cc2ccc(OC)nc2)c(NC2CC[C@@H](CO)C2)n1. The van der Waals surface area contributed by atoms with Crippen LogP contribution in [0.4, 0.5) is 11.8 Å². The van der Waals surface area contributed by atoms with E-state index >= 15 is 0 Å². The van der Waals surface area contributed by atoms with Crippen molar-refractivity contribution in [3.8, 4) is 17.7 Å². The number of nitrogens with one attached hydrogen (secondary N) is 2. The van der Waals surface area contributed by atoms with Crippen LogP contribution in [0.5, 0.6) is 5.88 Å². The van der Waals surface area contributed by atoms with Crippen LogP contribution >= 0.6 is 0 Å². The molecule has 2 aromatic rings. The molecule has 3 rings (SSSR count). The topological polar surface area (TPSA) is 92.2 Å². The molecule has 1 unspecified atom stereocenters. The average Bonchev–Trinajstić information content (AvgIpc) is 3.15. The van der Waals surface area contributed by atoms with Gasteiger partial charge >= 0.3 is 0 Å². The minimum absolute atomic E-state index is 0.237. The van der Waals surface area contributed by atoms with Crippen LogP contribution < -0.4 is 15.4 Å². The first-order valence-corrected chi connectivity index (χ1v) is 9.64. The number of hydrogen-bond acceptors (Lipinski definition) is 7. The second-order valence-corrected chi connectivity index (χ2v) is 6.93. The third kappa shape index (κ3) is 4.90. The zero-order valence-corrected chi connectivity index (χ0v) is 16.6. The smallest absolute Gasteiger partial charge is 0.224 e. The van der Waals surface area contributed by atoms with Gasteiger partial charge in [0.05, 0.1) is 18.4 Å². The van der Waals surface area contributed by atoms with E-state index in [0.717, 1.165) is 48.4 Å². The van der Waals surface area contributed by atoms with E-state index < -0.39 is 0 Å². The summed E-state index contributed by atoms with van der Waals surface area (Å²) in [5.41, 5.74) is 2.40. The average molecular weight is 381 g/mol. The summed E-state index contributed by atoms with van der Waals surface area (Å²) >= 11 is 0. The van der Waals surface area contributed by atoms with Crippen LogP contribution in [-0.4, -0.2) is 46.4 Å². The fraction of sp³-hybridized carbons (Fsp3) is 0.476. The van der Waals surface area contributed by atoms with Gasteiger partial charge in [0, 0.05) is 37.0 Å². The molecule has 28 heavy (non-hydrogen) atoms. The molecular formula is C21H27N5O2. The molecule has 3 N–H and O–H groups in total. The van der Waals surface area contributed by atoms with Gasteiger partial charge in [-0.15, -0.1) is 0 Å². The molecule has 2 aromatic heterocycles. The Balaban J connectivity index is 1.89. The van der Waals surface area contributed by atoms with Crippen LogP contribution in [0.1, 0.15) is 43.0 Å². The second-order valence-electron chi connectivity index (χ2n) is 6.93. The molecule has 148 valence electrons. The van der Waals surface area contributed by atoms with Gasteiger partial charge in [0.2, 0.25) is 11.8 Å². The van der Waals surface area contributed by atoms with Gasteiger partial charge in [0.25, 0.3) is 0 Å². The maximum atomic E-state index is 9.41. The first-order chi connectivity index (χ1) is 13.6. The van der Waals surface area contributed by atoms with Gasteiger partial charge < -0.3 is 20.5 Å². The number of aliphatic hydroxyl groups is 1. The first kappa shape index (κ1) is 19.9. The van der Waals surface area contributed by atoms with E-state index in [-0.39, 0.29) is 12.6 Å². The Bertz CT molecular complexity index is 858. The van der Waals surface area contributed by atoms with Crippen molar-refractivity contribution in [2.24, 2.45) is 5.92 Å². The lowest BCUT2D eigenvalue weighted by molar-refractivity contribution is 0.229. The van der Waals surface area contributed by atoms with Gasteiger partial charge in [-0.25, -0.2) is 9.97 Å².